The molecule has 1 N–H and O–H groups in total. The van der Waals surface area contributed by atoms with Gasteiger partial charge in [-0.15, -0.1) is 0 Å². The van der Waals surface area contributed by atoms with E-state index in [4.69, 9.17) is 11.6 Å². The molecule has 0 atom stereocenters. The Morgan fingerprint density at radius 2 is 1.54 bits per heavy atom. The van der Waals surface area contributed by atoms with Crippen molar-refractivity contribution in [2.24, 2.45) is 0 Å². The Hall–Kier alpha value is -4.49. The van der Waals surface area contributed by atoms with Gasteiger partial charge in [-0.3, -0.25) is 14.2 Å². The molecule has 0 spiro atoms. The summed E-state index contributed by atoms with van der Waals surface area (Å²) in [6, 6.07) is 26.7. The normalized spacial score (nSPS) is 11.0. The summed E-state index contributed by atoms with van der Waals surface area (Å²) in [6.07, 6.45) is 0.123. The molecule has 0 aliphatic carbocycles. The first-order valence-electron chi connectivity index (χ1n) is 11.5. The van der Waals surface area contributed by atoms with E-state index in [9.17, 15) is 18.8 Å². The second kappa shape index (κ2) is 10.2. The molecule has 1 heterocycles. The maximum Gasteiger partial charge on any atom is 0.336 e. The zero-order valence-electron chi connectivity index (χ0n) is 19.5. The van der Waals surface area contributed by atoms with Crippen LogP contribution in [0.15, 0.2) is 107 Å². The van der Waals surface area contributed by atoms with Gasteiger partial charge in [-0.05, 0) is 54.1 Å². The molecule has 1 aromatic heterocycles. The van der Waals surface area contributed by atoms with E-state index in [1.54, 1.807) is 66.7 Å². The molecular formula is C29H21ClFN3O3. The van der Waals surface area contributed by atoms with Gasteiger partial charge in [-0.25, -0.2) is 13.8 Å². The van der Waals surface area contributed by atoms with Crippen molar-refractivity contribution in [3.05, 3.63) is 140 Å². The van der Waals surface area contributed by atoms with E-state index >= 15 is 0 Å². The first-order chi connectivity index (χ1) is 17.9. The fourth-order valence-corrected chi connectivity index (χ4v) is 4.44. The molecule has 0 bridgehead atoms. The SMILES string of the molecule is O=C(Cc1ccc(-n2c(=O)c3ccccc3n(Cc3c(F)cccc3Cl)c2=O)cc1)Nc1ccccc1. The molecule has 0 saturated heterocycles. The molecule has 0 fully saturated rings. The molecule has 0 unspecified atom stereocenters. The van der Waals surface area contributed by atoms with E-state index in [2.05, 4.69) is 5.32 Å². The minimum absolute atomic E-state index is 0.123. The Bertz CT molecular complexity index is 1710. The molecule has 0 aliphatic heterocycles. The smallest absolute Gasteiger partial charge is 0.326 e. The fraction of sp³-hybridized carbons (Fsp3) is 0.0690. The highest BCUT2D eigenvalue weighted by Crippen LogP contribution is 2.21. The minimum atomic E-state index is -0.627. The van der Waals surface area contributed by atoms with Gasteiger partial charge in [0.2, 0.25) is 5.91 Å². The lowest BCUT2D eigenvalue weighted by Crippen LogP contribution is -2.39. The molecule has 0 saturated carbocycles. The highest BCUT2D eigenvalue weighted by molar-refractivity contribution is 6.31. The van der Waals surface area contributed by atoms with Gasteiger partial charge in [-0.1, -0.05) is 60.1 Å². The summed E-state index contributed by atoms with van der Waals surface area (Å²) in [5.41, 5.74) is 1.15. The number of carbonyl (C=O) groups is 1. The standard InChI is InChI=1S/C29H21ClFN3O3/c30-24-10-6-11-25(31)23(24)18-33-26-12-5-4-9-22(26)28(36)34(29(33)37)21-15-13-19(14-16-21)17-27(35)32-20-7-2-1-3-8-20/h1-16H,17-18H2,(H,32,35). The van der Waals surface area contributed by atoms with Crippen molar-refractivity contribution in [2.45, 2.75) is 13.0 Å². The van der Waals surface area contributed by atoms with Crippen LogP contribution in [0.4, 0.5) is 10.1 Å². The van der Waals surface area contributed by atoms with Gasteiger partial charge in [0.15, 0.2) is 0 Å². The molecule has 5 aromatic rings. The second-order valence-electron chi connectivity index (χ2n) is 8.48. The molecule has 0 radical (unpaired) electrons. The molecule has 0 aliphatic rings. The largest absolute Gasteiger partial charge is 0.336 e. The molecule has 184 valence electrons. The molecule has 8 heteroatoms. The number of nitrogens with zero attached hydrogens (tertiary/aromatic N) is 2. The van der Waals surface area contributed by atoms with Crippen LogP contribution in [-0.4, -0.2) is 15.0 Å². The second-order valence-corrected chi connectivity index (χ2v) is 8.89. The van der Waals surface area contributed by atoms with Crippen LogP contribution >= 0.6 is 11.6 Å². The number of benzene rings is 4. The quantitative estimate of drug-likeness (QED) is 0.340. The number of anilines is 1. The number of amides is 1. The topological polar surface area (TPSA) is 73.1 Å². The summed E-state index contributed by atoms with van der Waals surface area (Å²) in [5, 5.41) is 3.32. The predicted octanol–water partition coefficient (Wildman–Crippen LogP) is 5.17. The number of hydrogen-bond donors (Lipinski definition) is 1. The van der Waals surface area contributed by atoms with Gasteiger partial charge in [0.25, 0.3) is 5.56 Å². The number of carbonyl (C=O) groups excluding carboxylic acids is 1. The van der Waals surface area contributed by atoms with Crippen LogP contribution in [0.5, 0.6) is 0 Å². The number of halogens is 2. The van der Waals surface area contributed by atoms with Crippen molar-refractivity contribution in [2.75, 3.05) is 5.32 Å². The van der Waals surface area contributed by atoms with Crippen molar-refractivity contribution in [3.63, 3.8) is 0 Å². The number of hydrogen-bond acceptors (Lipinski definition) is 3. The number of fused-ring (bicyclic) bond motifs is 1. The third-order valence-corrected chi connectivity index (χ3v) is 6.40. The van der Waals surface area contributed by atoms with E-state index in [0.29, 0.717) is 27.8 Å². The lowest BCUT2D eigenvalue weighted by atomic mass is 10.1. The monoisotopic (exact) mass is 513 g/mol. The lowest BCUT2D eigenvalue weighted by Gasteiger charge is -2.15. The average Bonchev–Trinajstić information content (AvgIpc) is 2.89. The van der Waals surface area contributed by atoms with E-state index in [-0.39, 0.29) is 29.5 Å². The van der Waals surface area contributed by atoms with Gasteiger partial charge in [-0.2, -0.15) is 0 Å². The van der Waals surface area contributed by atoms with Crippen LogP contribution in [0.1, 0.15) is 11.1 Å². The van der Waals surface area contributed by atoms with Crippen LogP contribution in [-0.2, 0) is 17.8 Å². The zero-order valence-corrected chi connectivity index (χ0v) is 20.3. The van der Waals surface area contributed by atoms with E-state index < -0.39 is 17.1 Å². The zero-order chi connectivity index (χ0) is 25.9. The summed E-state index contributed by atoms with van der Waals surface area (Å²) in [5.74, 6) is -0.731. The Balaban J connectivity index is 1.52. The number of nitrogens with one attached hydrogen (secondary N) is 1. The number of rotatable bonds is 6. The molecule has 6 nitrogen and oxygen atoms in total. The Morgan fingerprint density at radius 1 is 0.838 bits per heavy atom. The third-order valence-electron chi connectivity index (χ3n) is 6.05. The van der Waals surface area contributed by atoms with Crippen LogP contribution < -0.4 is 16.6 Å². The van der Waals surface area contributed by atoms with Crippen molar-refractivity contribution < 1.29 is 9.18 Å². The third kappa shape index (κ3) is 4.94. The van der Waals surface area contributed by atoms with Crippen molar-refractivity contribution in [3.8, 4) is 5.69 Å². The minimum Gasteiger partial charge on any atom is -0.326 e. The number of aromatic nitrogens is 2. The first kappa shape index (κ1) is 24.2. The summed E-state index contributed by atoms with van der Waals surface area (Å²) < 4.78 is 16.9. The van der Waals surface area contributed by atoms with Crippen molar-refractivity contribution >= 4 is 34.1 Å². The molecule has 37 heavy (non-hydrogen) atoms. The highest BCUT2D eigenvalue weighted by Gasteiger charge is 2.17. The van der Waals surface area contributed by atoms with Crippen molar-refractivity contribution in [1.29, 1.82) is 0 Å². The van der Waals surface area contributed by atoms with Gasteiger partial charge in [0.05, 0.1) is 29.6 Å². The van der Waals surface area contributed by atoms with E-state index in [1.807, 2.05) is 18.2 Å². The molecule has 4 aromatic carbocycles. The van der Waals surface area contributed by atoms with Gasteiger partial charge in [0.1, 0.15) is 5.82 Å². The van der Waals surface area contributed by atoms with Crippen LogP contribution in [0, 0.1) is 5.82 Å². The van der Waals surface area contributed by atoms with E-state index in [0.717, 1.165) is 4.57 Å². The summed E-state index contributed by atoms with van der Waals surface area (Å²) >= 11 is 6.22. The van der Waals surface area contributed by atoms with Gasteiger partial charge < -0.3 is 5.32 Å². The van der Waals surface area contributed by atoms with Gasteiger partial charge in [0, 0.05) is 16.3 Å². The Morgan fingerprint density at radius 3 is 2.27 bits per heavy atom. The average molecular weight is 514 g/mol. The molecule has 5 rings (SSSR count). The summed E-state index contributed by atoms with van der Waals surface area (Å²) in [7, 11) is 0. The maximum atomic E-state index is 14.6. The fourth-order valence-electron chi connectivity index (χ4n) is 4.22. The Labute approximate surface area is 216 Å². The summed E-state index contributed by atoms with van der Waals surface area (Å²) in [4.78, 5) is 39.3. The number of para-hydroxylation sites is 2. The van der Waals surface area contributed by atoms with Crippen LogP contribution in [0.25, 0.3) is 16.6 Å². The highest BCUT2D eigenvalue weighted by atomic mass is 35.5. The molecule has 1 amide bonds. The van der Waals surface area contributed by atoms with Crippen LogP contribution in [0.3, 0.4) is 0 Å². The summed E-state index contributed by atoms with van der Waals surface area (Å²) in [6.45, 7) is -0.150. The predicted molar refractivity (Wildman–Crippen MR) is 143 cm³/mol. The first-order valence-corrected chi connectivity index (χ1v) is 11.9. The van der Waals surface area contributed by atoms with Gasteiger partial charge >= 0.3 is 5.69 Å². The van der Waals surface area contributed by atoms with Crippen LogP contribution in [0.2, 0.25) is 5.02 Å². The molecular weight excluding hydrogens is 493 g/mol. The Kier molecular flexibility index (Phi) is 6.70. The van der Waals surface area contributed by atoms with E-state index in [1.165, 1.54) is 16.7 Å². The van der Waals surface area contributed by atoms with Crippen molar-refractivity contribution in [1.82, 2.24) is 9.13 Å². The maximum absolute atomic E-state index is 14.6. The lowest BCUT2D eigenvalue weighted by molar-refractivity contribution is -0.115.